The summed E-state index contributed by atoms with van der Waals surface area (Å²) in [6.45, 7) is 4.70. The molecular weight excluding hydrogens is 683 g/mol. The number of aliphatic hydroxyl groups is 1. The molecule has 1 aromatic heterocycles. The zero-order valence-electron chi connectivity index (χ0n) is 26.4. The van der Waals surface area contributed by atoms with E-state index in [0.29, 0.717) is 34.4 Å². The Bertz CT molecular complexity index is 2170. The van der Waals surface area contributed by atoms with Crippen LogP contribution >= 0.6 is 23.2 Å². The van der Waals surface area contributed by atoms with E-state index < -0.39 is 16.1 Å². The molecule has 0 unspecified atom stereocenters. The number of imidazole rings is 1. The lowest BCUT2D eigenvalue weighted by atomic mass is 10.0. The molecule has 49 heavy (non-hydrogen) atoms. The number of rotatable bonds is 8. The molecule has 7 rings (SSSR count). The molecule has 1 amide bonds. The lowest BCUT2D eigenvalue weighted by Crippen LogP contribution is -2.50. The van der Waals surface area contributed by atoms with Gasteiger partial charge in [-0.25, -0.2) is 14.0 Å². The molecule has 250 valence electrons. The maximum atomic E-state index is 12.4. The third kappa shape index (κ3) is 6.69. The molecule has 13 heteroatoms. The Labute approximate surface area is 294 Å². The summed E-state index contributed by atoms with van der Waals surface area (Å²) in [6, 6.07) is 28.8. The molecular formula is C36H32Cl2N6O4S. The van der Waals surface area contributed by atoms with Crippen molar-refractivity contribution in [2.24, 2.45) is 0 Å². The Hall–Kier alpha value is -4.97. The predicted molar refractivity (Wildman–Crippen MR) is 193 cm³/mol. The predicted octanol–water partition coefficient (Wildman–Crippen LogP) is 6.78. The number of hydrogen-bond acceptors (Lipinski definition) is 6. The second-order valence-electron chi connectivity index (χ2n) is 11.8. The first-order valence-electron chi connectivity index (χ1n) is 15.7. The maximum absolute atomic E-state index is 12.4. The molecule has 0 radical (unpaired) electrons. The number of carbonyl (C=O) groups excluding carboxylic acids is 1. The van der Waals surface area contributed by atoms with Crippen LogP contribution in [0.3, 0.4) is 0 Å². The average molecular weight is 716 g/mol. The Morgan fingerprint density at radius 1 is 0.857 bits per heavy atom. The number of hydrogen-bond donors (Lipinski definition) is 2. The van der Waals surface area contributed by atoms with Crippen LogP contribution in [0, 0.1) is 0 Å². The van der Waals surface area contributed by atoms with E-state index in [1.165, 1.54) is 0 Å². The van der Waals surface area contributed by atoms with E-state index >= 15 is 0 Å². The van der Waals surface area contributed by atoms with Gasteiger partial charge in [0.2, 0.25) is 11.8 Å². The maximum Gasteiger partial charge on any atom is 0.330 e. The van der Waals surface area contributed by atoms with E-state index in [-0.39, 0.29) is 5.91 Å². The Balaban J connectivity index is 1.14. The summed E-state index contributed by atoms with van der Waals surface area (Å²) in [4.78, 5) is 21.4. The topological polar surface area (TPSA) is 111 Å². The van der Waals surface area contributed by atoms with Gasteiger partial charge in [-0.2, -0.15) is 8.42 Å². The first kappa shape index (κ1) is 32.6. The number of benzene rings is 4. The summed E-state index contributed by atoms with van der Waals surface area (Å²) in [5, 5.41) is 10.7. The third-order valence-electron chi connectivity index (χ3n) is 8.68. The van der Waals surface area contributed by atoms with Gasteiger partial charge in [-0.1, -0.05) is 59.6 Å². The van der Waals surface area contributed by atoms with Crippen molar-refractivity contribution >= 4 is 50.7 Å². The van der Waals surface area contributed by atoms with Gasteiger partial charge in [-0.05, 0) is 78.2 Å². The van der Waals surface area contributed by atoms with Gasteiger partial charge in [-0.3, -0.25) is 4.79 Å². The minimum Gasteiger partial charge on any atom is -0.493 e. The molecule has 1 saturated heterocycles. The molecule has 4 aromatic carbocycles. The van der Waals surface area contributed by atoms with E-state index in [4.69, 9.17) is 28.2 Å². The normalized spacial score (nSPS) is 15.8. The van der Waals surface area contributed by atoms with E-state index in [0.717, 1.165) is 69.6 Å². The molecule has 10 nitrogen and oxygen atoms in total. The van der Waals surface area contributed by atoms with Crippen LogP contribution < -0.4 is 13.9 Å². The molecule has 0 atom stereocenters. The molecule has 2 N–H and O–H groups in total. The van der Waals surface area contributed by atoms with Crippen LogP contribution in [0.25, 0.3) is 28.1 Å². The minimum absolute atomic E-state index is 0.156. The van der Waals surface area contributed by atoms with E-state index in [1.807, 2.05) is 28.7 Å². The number of halogens is 2. The standard InChI is InChI=1S/C36H32Cl2N6O4S/c1-2-41-17-18-42(23-36(41)46)28-10-7-26(8-11-28)25-5-3-24(4-6-25)19-34-39-33(31-16-9-27(37)20-32(31)38)21-43(34)29-12-14-30(15-13-29)44-22-35(45)40-49(44,47)48/h3-16,20-22,40,45H,2,17-19,23H2,1H3. The number of amides is 1. The molecule has 2 aliphatic rings. The van der Waals surface area contributed by atoms with Crippen molar-refractivity contribution in [2.75, 3.05) is 35.4 Å². The third-order valence-corrected chi connectivity index (χ3v) is 10.5. The van der Waals surface area contributed by atoms with Gasteiger partial charge in [0.15, 0.2) is 0 Å². The van der Waals surface area contributed by atoms with Crippen molar-refractivity contribution in [1.29, 1.82) is 0 Å². The van der Waals surface area contributed by atoms with Crippen molar-refractivity contribution in [2.45, 2.75) is 13.3 Å². The molecule has 1 fully saturated rings. The van der Waals surface area contributed by atoms with Gasteiger partial charge in [0, 0.05) is 54.2 Å². The fourth-order valence-electron chi connectivity index (χ4n) is 6.08. The number of aromatic nitrogens is 2. The van der Waals surface area contributed by atoms with E-state index in [1.54, 1.807) is 36.4 Å². The zero-order valence-corrected chi connectivity index (χ0v) is 28.8. The molecule has 0 bridgehead atoms. The van der Waals surface area contributed by atoms with Crippen molar-refractivity contribution in [1.82, 2.24) is 19.2 Å². The highest BCUT2D eigenvalue weighted by Crippen LogP contribution is 2.32. The summed E-state index contributed by atoms with van der Waals surface area (Å²) in [5.74, 6) is 0.451. The fourth-order valence-corrected chi connectivity index (χ4v) is 7.64. The van der Waals surface area contributed by atoms with Gasteiger partial charge < -0.3 is 19.5 Å². The number of anilines is 2. The van der Waals surface area contributed by atoms with Gasteiger partial charge >= 0.3 is 10.2 Å². The number of nitrogens with one attached hydrogen (secondary N) is 1. The molecule has 5 aromatic rings. The van der Waals surface area contributed by atoms with Crippen LogP contribution in [0.1, 0.15) is 18.3 Å². The first-order valence-corrected chi connectivity index (χ1v) is 17.9. The molecule has 2 aliphatic heterocycles. The molecule has 0 saturated carbocycles. The number of piperazine rings is 1. The lowest BCUT2D eigenvalue weighted by molar-refractivity contribution is -0.130. The summed E-state index contributed by atoms with van der Waals surface area (Å²) in [6.07, 6.45) is 3.51. The highest BCUT2D eigenvalue weighted by Gasteiger charge is 2.29. The van der Waals surface area contributed by atoms with E-state index in [2.05, 4.69) is 58.2 Å². The highest BCUT2D eigenvalue weighted by atomic mass is 35.5. The van der Waals surface area contributed by atoms with Gasteiger partial charge in [-0.15, -0.1) is 0 Å². The zero-order chi connectivity index (χ0) is 34.3. The van der Waals surface area contributed by atoms with Gasteiger partial charge in [0.1, 0.15) is 5.82 Å². The van der Waals surface area contributed by atoms with Crippen LogP contribution in [-0.2, 0) is 21.4 Å². The van der Waals surface area contributed by atoms with E-state index in [9.17, 15) is 18.3 Å². The monoisotopic (exact) mass is 714 g/mol. The largest absolute Gasteiger partial charge is 0.493 e. The first-order chi connectivity index (χ1) is 23.6. The smallest absolute Gasteiger partial charge is 0.330 e. The molecule has 3 heterocycles. The average Bonchev–Trinajstić information content (AvgIpc) is 3.63. The number of aliphatic hydroxyl groups excluding tert-OH is 1. The second kappa shape index (κ2) is 13.1. The quantitative estimate of drug-likeness (QED) is 0.183. The van der Waals surface area contributed by atoms with Crippen LogP contribution in [0.2, 0.25) is 10.0 Å². The Kier molecular flexibility index (Phi) is 8.74. The molecule has 0 aliphatic carbocycles. The van der Waals surface area contributed by atoms with Crippen molar-refractivity contribution in [3.63, 3.8) is 0 Å². The Morgan fingerprint density at radius 2 is 1.51 bits per heavy atom. The summed E-state index contributed by atoms with van der Waals surface area (Å²) in [5.41, 5.74) is 6.74. The number of carbonyl (C=O) groups is 1. The summed E-state index contributed by atoms with van der Waals surface area (Å²) < 4.78 is 29.7. The summed E-state index contributed by atoms with van der Waals surface area (Å²) in [7, 11) is -3.91. The fraction of sp³-hybridized carbons (Fsp3) is 0.167. The number of likely N-dealkylation sites (N-methyl/N-ethyl adjacent to an activating group) is 1. The molecule has 0 spiro atoms. The highest BCUT2D eigenvalue weighted by molar-refractivity contribution is 7.91. The summed E-state index contributed by atoms with van der Waals surface area (Å²) >= 11 is 12.7. The van der Waals surface area contributed by atoms with Gasteiger partial charge in [0.05, 0.1) is 29.1 Å². The van der Waals surface area contributed by atoms with Crippen LogP contribution in [0.15, 0.2) is 109 Å². The Morgan fingerprint density at radius 3 is 2.12 bits per heavy atom. The number of nitrogens with zero attached hydrogens (tertiary/aromatic N) is 5. The van der Waals surface area contributed by atoms with Crippen molar-refractivity contribution in [3.05, 3.63) is 131 Å². The van der Waals surface area contributed by atoms with Crippen LogP contribution in [-0.4, -0.2) is 60.1 Å². The van der Waals surface area contributed by atoms with Crippen LogP contribution in [0.5, 0.6) is 0 Å². The second-order valence-corrected chi connectivity index (χ2v) is 14.2. The lowest BCUT2D eigenvalue weighted by Gasteiger charge is -2.35. The van der Waals surface area contributed by atoms with Crippen molar-refractivity contribution < 1.29 is 18.3 Å². The minimum atomic E-state index is -3.91. The van der Waals surface area contributed by atoms with Crippen LogP contribution in [0.4, 0.5) is 11.4 Å². The van der Waals surface area contributed by atoms with Gasteiger partial charge in [0.25, 0.3) is 0 Å². The van der Waals surface area contributed by atoms with Crippen molar-refractivity contribution in [3.8, 4) is 28.1 Å². The SMILES string of the molecule is CCN1CCN(c2ccc(-c3ccc(Cc4nc(-c5ccc(Cl)cc5Cl)cn4-c4ccc(N5C=C(O)NS5(=O)=O)cc4)cc3)cc2)CC1=O.